The summed E-state index contributed by atoms with van der Waals surface area (Å²) >= 11 is 0. The monoisotopic (exact) mass is 395 g/mol. The molecule has 28 heavy (non-hydrogen) atoms. The van der Waals surface area contributed by atoms with Crippen LogP contribution in [0.15, 0.2) is 64.4 Å². The van der Waals surface area contributed by atoms with Crippen LogP contribution < -0.4 is 10.3 Å². The molecule has 0 saturated carbocycles. The Morgan fingerprint density at radius 2 is 1.64 bits per heavy atom. The van der Waals surface area contributed by atoms with Gasteiger partial charge < -0.3 is 9.97 Å². The van der Waals surface area contributed by atoms with Gasteiger partial charge in [-0.2, -0.15) is 0 Å². The Labute approximate surface area is 162 Å². The van der Waals surface area contributed by atoms with Crippen LogP contribution in [0.3, 0.4) is 0 Å². The van der Waals surface area contributed by atoms with Crippen molar-refractivity contribution in [3.63, 3.8) is 0 Å². The maximum absolute atomic E-state index is 12.8. The number of aromatic amines is 2. The topological polar surface area (TPSA) is 94.8 Å². The summed E-state index contributed by atoms with van der Waals surface area (Å²) in [6.07, 6.45) is 1.69. The Bertz CT molecular complexity index is 1340. The summed E-state index contributed by atoms with van der Waals surface area (Å²) in [6.45, 7) is 6.24. The second kappa shape index (κ2) is 6.24. The van der Waals surface area contributed by atoms with Gasteiger partial charge in [-0.25, -0.2) is 8.42 Å². The zero-order chi connectivity index (χ0) is 20.1. The van der Waals surface area contributed by atoms with Gasteiger partial charge in [0.1, 0.15) is 5.52 Å². The van der Waals surface area contributed by atoms with Crippen LogP contribution in [0.25, 0.3) is 21.8 Å². The fraction of sp³-hybridized carbons (Fsp3) is 0.190. The third-order valence-corrected chi connectivity index (χ3v) is 6.21. The summed E-state index contributed by atoms with van der Waals surface area (Å²) in [4.78, 5) is 18.0. The average molecular weight is 395 g/mol. The predicted molar refractivity (Wildman–Crippen MR) is 112 cm³/mol. The van der Waals surface area contributed by atoms with E-state index < -0.39 is 10.0 Å². The van der Waals surface area contributed by atoms with Crippen molar-refractivity contribution in [1.29, 1.82) is 0 Å². The minimum Gasteiger partial charge on any atom is -0.357 e. The fourth-order valence-corrected chi connectivity index (χ4v) is 4.30. The molecular weight excluding hydrogens is 374 g/mol. The maximum atomic E-state index is 12.8. The van der Waals surface area contributed by atoms with E-state index in [1.165, 1.54) is 0 Å². The van der Waals surface area contributed by atoms with Gasteiger partial charge in [0, 0.05) is 28.2 Å². The number of anilines is 1. The number of hydrogen-bond donors (Lipinski definition) is 3. The van der Waals surface area contributed by atoms with E-state index >= 15 is 0 Å². The molecule has 4 aromatic rings. The second-order valence-electron chi connectivity index (χ2n) is 7.86. The molecule has 4 rings (SSSR count). The Morgan fingerprint density at radius 3 is 2.32 bits per heavy atom. The van der Waals surface area contributed by atoms with Crippen LogP contribution in [-0.2, 0) is 15.4 Å². The van der Waals surface area contributed by atoms with Crippen LogP contribution in [0.1, 0.15) is 26.3 Å². The third-order valence-electron chi connectivity index (χ3n) is 4.81. The number of hydrogen-bond acceptors (Lipinski definition) is 3. The van der Waals surface area contributed by atoms with Gasteiger partial charge in [-0.3, -0.25) is 9.52 Å². The summed E-state index contributed by atoms with van der Waals surface area (Å²) in [6, 6.07) is 13.8. The van der Waals surface area contributed by atoms with Crippen molar-refractivity contribution in [2.75, 3.05) is 4.72 Å². The molecular formula is C21H21N3O3S. The van der Waals surface area contributed by atoms with Gasteiger partial charge in [-0.15, -0.1) is 0 Å². The number of fused-ring (bicyclic) bond motifs is 3. The van der Waals surface area contributed by atoms with E-state index in [0.29, 0.717) is 16.7 Å². The first-order chi connectivity index (χ1) is 13.1. The molecule has 0 aliphatic carbocycles. The molecule has 0 radical (unpaired) electrons. The molecule has 0 aliphatic rings. The normalized spacial score (nSPS) is 12.5. The summed E-state index contributed by atoms with van der Waals surface area (Å²) in [7, 11) is -3.72. The molecule has 0 spiro atoms. The van der Waals surface area contributed by atoms with Gasteiger partial charge in [-0.05, 0) is 47.4 Å². The van der Waals surface area contributed by atoms with Crippen molar-refractivity contribution < 1.29 is 8.42 Å². The highest BCUT2D eigenvalue weighted by Gasteiger charge is 2.18. The number of pyridine rings is 1. The predicted octanol–water partition coefficient (Wildman–Crippen LogP) is 4.11. The largest absolute Gasteiger partial charge is 0.357 e. The van der Waals surface area contributed by atoms with Crippen LogP contribution in [0.2, 0.25) is 0 Å². The lowest BCUT2D eigenvalue weighted by molar-refractivity contribution is 0.587. The van der Waals surface area contributed by atoms with Crippen molar-refractivity contribution in [1.82, 2.24) is 9.97 Å². The highest BCUT2D eigenvalue weighted by Crippen LogP contribution is 2.27. The molecule has 144 valence electrons. The molecule has 3 N–H and O–H groups in total. The molecule has 0 fully saturated rings. The van der Waals surface area contributed by atoms with E-state index in [1.807, 2.05) is 12.1 Å². The van der Waals surface area contributed by atoms with E-state index in [0.717, 1.165) is 16.3 Å². The summed E-state index contributed by atoms with van der Waals surface area (Å²) in [5, 5.41) is 1.51. The fourth-order valence-electron chi connectivity index (χ4n) is 3.25. The van der Waals surface area contributed by atoms with Crippen LogP contribution in [0.5, 0.6) is 0 Å². The SMILES string of the molecule is CC(C)(C)c1ccc(S(=O)(=O)Nc2ccc3[nH]c(=O)c4[nH]ccc4c3c2)cc1. The molecule has 2 aromatic carbocycles. The van der Waals surface area contributed by atoms with Crippen molar-refractivity contribution >= 4 is 37.5 Å². The number of H-pyrrole nitrogens is 2. The number of aromatic nitrogens is 2. The lowest BCUT2D eigenvalue weighted by atomic mass is 9.87. The number of benzene rings is 2. The van der Waals surface area contributed by atoms with Gasteiger partial charge in [0.15, 0.2) is 0 Å². The van der Waals surface area contributed by atoms with E-state index in [-0.39, 0.29) is 15.9 Å². The summed E-state index contributed by atoms with van der Waals surface area (Å²) in [5.41, 5.74) is 2.35. The van der Waals surface area contributed by atoms with Crippen molar-refractivity contribution in [3.8, 4) is 0 Å². The highest BCUT2D eigenvalue weighted by molar-refractivity contribution is 7.92. The summed E-state index contributed by atoms with van der Waals surface area (Å²) < 4.78 is 28.2. The minimum absolute atomic E-state index is 0.0487. The molecule has 2 aromatic heterocycles. The number of sulfonamides is 1. The molecule has 6 nitrogen and oxygen atoms in total. The Hall–Kier alpha value is -3.06. The van der Waals surface area contributed by atoms with Crippen molar-refractivity contribution in [2.45, 2.75) is 31.1 Å². The lowest BCUT2D eigenvalue weighted by Crippen LogP contribution is -2.15. The van der Waals surface area contributed by atoms with E-state index in [1.54, 1.807) is 42.6 Å². The van der Waals surface area contributed by atoms with Gasteiger partial charge >= 0.3 is 0 Å². The van der Waals surface area contributed by atoms with E-state index in [2.05, 4.69) is 35.5 Å². The molecule has 7 heteroatoms. The molecule has 0 atom stereocenters. The third kappa shape index (κ3) is 3.18. The molecule has 2 heterocycles. The van der Waals surface area contributed by atoms with Gasteiger partial charge in [0.25, 0.3) is 15.6 Å². The first-order valence-corrected chi connectivity index (χ1v) is 10.4. The quantitative estimate of drug-likeness (QED) is 0.487. The van der Waals surface area contributed by atoms with E-state index in [9.17, 15) is 13.2 Å². The zero-order valence-corrected chi connectivity index (χ0v) is 16.6. The Balaban J connectivity index is 1.72. The molecule has 0 bridgehead atoms. The zero-order valence-electron chi connectivity index (χ0n) is 15.8. The summed E-state index contributed by atoms with van der Waals surface area (Å²) in [5.74, 6) is 0. The highest BCUT2D eigenvalue weighted by atomic mass is 32.2. The number of rotatable bonds is 3. The molecule has 0 aliphatic heterocycles. The van der Waals surface area contributed by atoms with Gasteiger partial charge in [0.2, 0.25) is 0 Å². The lowest BCUT2D eigenvalue weighted by Gasteiger charge is -2.19. The minimum atomic E-state index is -3.72. The Kier molecular flexibility index (Phi) is 4.08. The van der Waals surface area contributed by atoms with Crippen LogP contribution in [-0.4, -0.2) is 18.4 Å². The number of nitrogens with one attached hydrogen (secondary N) is 3. The van der Waals surface area contributed by atoms with Crippen LogP contribution >= 0.6 is 0 Å². The molecule has 0 unspecified atom stereocenters. The first kappa shape index (κ1) is 18.3. The van der Waals surface area contributed by atoms with Gasteiger partial charge in [0.05, 0.1) is 4.90 Å². The standard InChI is InChI=1S/C21H21N3O3S/c1-21(2,3)13-4-7-15(8-5-13)28(26,27)24-14-6-9-18-17(12-14)16-10-11-22-19(16)20(25)23-18/h4-12,22,24H,1-3H3,(H,23,25). The van der Waals surface area contributed by atoms with Crippen molar-refractivity contribution in [2.24, 2.45) is 0 Å². The average Bonchev–Trinajstić information content (AvgIpc) is 3.12. The Morgan fingerprint density at radius 1 is 0.929 bits per heavy atom. The second-order valence-corrected chi connectivity index (χ2v) is 9.54. The first-order valence-electron chi connectivity index (χ1n) is 8.92. The molecule has 0 saturated heterocycles. The maximum Gasteiger partial charge on any atom is 0.272 e. The smallest absolute Gasteiger partial charge is 0.272 e. The van der Waals surface area contributed by atoms with Crippen LogP contribution in [0.4, 0.5) is 5.69 Å². The van der Waals surface area contributed by atoms with Crippen LogP contribution in [0, 0.1) is 0 Å². The van der Waals surface area contributed by atoms with E-state index in [4.69, 9.17) is 0 Å². The van der Waals surface area contributed by atoms with Crippen molar-refractivity contribution in [3.05, 3.63) is 70.6 Å². The van der Waals surface area contributed by atoms with Gasteiger partial charge in [-0.1, -0.05) is 32.9 Å². The molecule has 0 amide bonds.